The van der Waals surface area contributed by atoms with Crippen molar-refractivity contribution in [2.45, 2.75) is 13.3 Å². The van der Waals surface area contributed by atoms with E-state index in [9.17, 15) is 19.5 Å². The van der Waals surface area contributed by atoms with Crippen LogP contribution in [-0.4, -0.2) is 22.9 Å². The van der Waals surface area contributed by atoms with Gasteiger partial charge < -0.3 is 9.84 Å². The normalized spacial score (nSPS) is 15.7. The Balaban J connectivity index is 1.83. The molecule has 1 aliphatic heterocycles. The first-order valence-corrected chi connectivity index (χ1v) is 7.59. The molecular weight excluding hydrogens is 322 g/mol. The van der Waals surface area contributed by atoms with E-state index in [-0.39, 0.29) is 18.1 Å². The van der Waals surface area contributed by atoms with Gasteiger partial charge in [0.05, 0.1) is 12.1 Å². The summed E-state index contributed by atoms with van der Waals surface area (Å²) in [6.07, 6.45) is 1.64. The van der Waals surface area contributed by atoms with E-state index in [1.165, 1.54) is 31.2 Å². The number of hydrogen-bond donors (Lipinski definition) is 1. The number of carbonyl (C=O) groups excluding carboxylic acids is 3. The molecule has 0 atom stereocenters. The van der Waals surface area contributed by atoms with Crippen LogP contribution in [0.3, 0.4) is 0 Å². The molecule has 0 saturated carbocycles. The average Bonchev–Trinajstić information content (AvgIpc) is 2.84. The van der Waals surface area contributed by atoms with Gasteiger partial charge in [0, 0.05) is 12.5 Å². The molecule has 0 aliphatic carbocycles. The van der Waals surface area contributed by atoms with Crippen molar-refractivity contribution in [1.82, 2.24) is 0 Å². The molecule has 25 heavy (non-hydrogen) atoms. The molecule has 2 aromatic rings. The van der Waals surface area contributed by atoms with Gasteiger partial charge >= 0.3 is 5.97 Å². The first-order chi connectivity index (χ1) is 11.9. The molecule has 1 saturated heterocycles. The molecule has 0 spiro atoms. The van der Waals surface area contributed by atoms with E-state index in [2.05, 4.69) is 0 Å². The largest absolute Gasteiger partial charge is 0.508 e. The molecular formula is C19H15NO5. The van der Waals surface area contributed by atoms with Crippen molar-refractivity contribution in [3.8, 4) is 11.5 Å². The lowest BCUT2D eigenvalue weighted by atomic mass is 10.1. The Morgan fingerprint density at radius 1 is 1.08 bits per heavy atom. The van der Waals surface area contributed by atoms with Gasteiger partial charge in [-0.1, -0.05) is 12.1 Å². The van der Waals surface area contributed by atoms with Crippen LogP contribution in [0.25, 0.3) is 6.08 Å². The minimum absolute atomic E-state index is 0.00536. The van der Waals surface area contributed by atoms with Gasteiger partial charge in [-0.25, -0.2) is 4.90 Å². The van der Waals surface area contributed by atoms with E-state index in [0.29, 0.717) is 17.0 Å². The predicted molar refractivity (Wildman–Crippen MR) is 90.9 cm³/mol. The first kappa shape index (κ1) is 16.4. The van der Waals surface area contributed by atoms with Crippen molar-refractivity contribution >= 4 is 29.5 Å². The van der Waals surface area contributed by atoms with Crippen LogP contribution in [0.5, 0.6) is 11.5 Å². The Kier molecular flexibility index (Phi) is 4.35. The molecule has 1 fully saturated rings. The van der Waals surface area contributed by atoms with Gasteiger partial charge in [-0.3, -0.25) is 14.4 Å². The van der Waals surface area contributed by atoms with E-state index in [4.69, 9.17) is 4.74 Å². The zero-order valence-corrected chi connectivity index (χ0v) is 13.4. The summed E-state index contributed by atoms with van der Waals surface area (Å²) in [5, 5.41) is 9.30. The number of carbonyl (C=O) groups is 3. The molecule has 0 radical (unpaired) electrons. The van der Waals surface area contributed by atoms with Crippen LogP contribution in [0.4, 0.5) is 5.69 Å². The maximum absolute atomic E-state index is 12.6. The van der Waals surface area contributed by atoms with Crippen molar-refractivity contribution in [2.75, 3.05) is 4.90 Å². The summed E-state index contributed by atoms with van der Waals surface area (Å²) in [7, 11) is 0. The Morgan fingerprint density at radius 3 is 2.32 bits per heavy atom. The third-order valence-corrected chi connectivity index (χ3v) is 3.66. The standard InChI is InChI=1S/C19H15NO5/c1-12(21)25-17-8-4-15(5-9-17)20-18(23)11-14(19(20)24)10-13-2-6-16(22)7-3-13/h2-10,22H,11H2,1H3. The molecule has 0 bridgehead atoms. The number of aromatic hydroxyl groups is 1. The molecule has 1 aliphatic rings. The van der Waals surface area contributed by atoms with Gasteiger partial charge in [0.25, 0.3) is 5.91 Å². The summed E-state index contributed by atoms with van der Waals surface area (Å²) in [4.78, 5) is 36.8. The topological polar surface area (TPSA) is 83.9 Å². The molecule has 1 N–H and O–H groups in total. The van der Waals surface area contributed by atoms with E-state index >= 15 is 0 Å². The van der Waals surface area contributed by atoms with Gasteiger partial charge in [0.15, 0.2) is 0 Å². The summed E-state index contributed by atoms with van der Waals surface area (Å²) in [5.41, 5.74) is 1.51. The highest BCUT2D eigenvalue weighted by Crippen LogP contribution is 2.29. The Morgan fingerprint density at radius 2 is 1.72 bits per heavy atom. The number of imide groups is 1. The number of ether oxygens (including phenoxy) is 1. The smallest absolute Gasteiger partial charge is 0.308 e. The van der Waals surface area contributed by atoms with Gasteiger partial charge in [0.1, 0.15) is 11.5 Å². The van der Waals surface area contributed by atoms with Crippen LogP contribution in [-0.2, 0) is 14.4 Å². The van der Waals surface area contributed by atoms with Crippen molar-refractivity contribution in [2.24, 2.45) is 0 Å². The van der Waals surface area contributed by atoms with Crippen LogP contribution in [0.15, 0.2) is 54.1 Å². The van der Waals surface area contributed by atoms with Crippen LogP contribution in [0, 0.1) is 0 Å². The quantitative estimate of drug-likeness (QED) is 0.403. The third-order valence-electron chi connectivity index (χ3n) is 3.66. The minimum Gasteiger partial charge on any atom is -0.508 e. The van der Waals surface area contributed by atoms with Crippen LogP contribution < -0.4 is 9.64 Å². The predicted octanol–water partition coefficient (Wildman–Crippen LogP) is 2.66. The Hall–Kier alpha value is -3.41. The Bertz CT molecular complexity index is 866. The van der Waals surface area contributed by atoms with Gasteiger partial charge in [-0.2, -0.15) is 0 Å². The lowest BCUT2D eigenvalue weighted by Crippen LogP contribution is -2.28. The van der Waals surface area contributed by atoms with E-state index < -0.39 is 11.9 Å². The van der Waals surface area contributed by atoms with E-state index in [1.54, 1.807) is 30.3 Å². The number of amides is 2. The van der Waals surface area contributed by atoms with Gasteiger partial charge in [0.2, 0.25) is 5.91 Å². The highest BCUT2D eigenvalue weighted by Gasteiger charge is 2.34. The fraction of sp³-hybridized carbons (Fsp3) is 0.105. The fourth-order valence-corrected chi connectivity index (χ4v) is 2.55. The van der Waals surface area contributed by atoms with Crippen molar-refractivity contribution in [1.29, 1.82) is 0 Å². The molecule has 6 nitrogen and oxygen atoms in total. The monoisotopic (exact) mass is 337 g/mol. The van der Waals surface area contributed by atoms with E-state index in [1.807, 2.05) is 0 Å². The summed E-state index contributed by atoms with van der Waals surface area (Å²) in [6, 6.07) is 12.5. The van der Waals surface area contributed by atoms with Crippen LogP contribution >= 0.6 is 0 Å². The summed E-state index contributed by atoms with van der Waals surface area (Å²) >= 11 is 0. The maximum atomic E-state index is 12.6. The lowest BCUT2D eigenvalue weighted by Gasteiger charge is -2.13. The van der Waals surface area contributed by atoms with E-state index in [0.717, 1.165) is 10.5 Å². The van der Waals surface area contributed by atoms with Crippen molar-refractivity contribution < 1.29 is 24.2 Å². The second-order valence-corrected chi connectivity index (χ2v) is 5.56. The number of benzene rings is 2. The average molecular weight is 337 g/mol. The summed E-state index contributed by atoms with van der Waals surface area (Å²) in [5.74, 6) is -0.686. The number of phenols is 1. The highest BCUT2D eigenvalue weighted by molar-refractivity contribution is 6.29. The zero-order valence-electron chi connectivity index (χ0n) is 13.4. The number of phenolic OH excluding ortho intramolecular Hbond substituents is 1. The number of nitrogens with zero attached hydrogens (tertiary/aromatic N) is 1. The second kappa shape index (κ2) is 6.60. The van der Waals surface area contributed by atoms with Gasteiger partial charge in [-0.05, 0) is 48.0 Å². The van der Waals surface area contributed by atoms with Crippen LogP contribution in [0.2, 0.25) is 0 Å². The first-order valence-electron chi connectivity index (χ1n) is 7.59. The third kappa shape index (κ3) is 3.58. The number of rotatable bonds is 3. The fourth-order valence-electron chi connectivity index (χ4n) is 2.55. The molecule has 2 amide bonds. The summed E-state index contributed by atoms with van der Waals surface area (Å²) < 4.78 is 4.94. The molecule has 0 unspecified atom stereocenters. The molecule has 0 aromatic heterocycles. The second-order valence-electron chi connectivity index (χ2n) is 5.56. The van der Waals surface area contributed by atoms with Crippen molar-refractivity contribution in [3.05, 3.63) is 59.7 Å². The van der Waals surface area contributed by atoms with Gasteiger partial charge in [-0.15, -0.1) is 0 Å². The minimum atomic E-state index is -0.444. The SMILES string of the molecule is CC(=O)Oc1ccc(N2C(=O)CC(=Cc3ccc(O)cc3)C2=O)cc1. The maximum Gasteiger partial charge on any atom is 0.308 e. The lowest BCUT2D eigenvalue weighted by molar-refractivity contribution is -0.132. The number of anilines is 1. The zero-order chi connectivity index (χ0) is 18.0. The Labute approximate surface area is 143 Å². The van der Waals surface area contributed by atoms with Crippen LogP contribution in [0.1, 0.15) is 18.9 Å². The molecule has 3 rings (SSSR count). The molecule has 6 heteroatoms. The number of esters is 1. The van der Waals surface area contributed by atoms with Crippen molar-refractivity contribution in [3.63, 3.8) is 0 Å². The number of hydrogen-bond acceptors (Lipinski definition) is 5. The molecule has 126 valence electrons. The molecule has 1 heterocycles. The highest BCUT2D eigenvalue weighted by atomic mass is 16.5. The molecule has 2 aromatic carbocycles. The summed E-state index contributed by atoms with van der Waals surface area (Å²) in [6.45, 7) is 1.29.